The molecule has 0 amide bonds. The minimum Gasteiger partial charge on any atom is -0.385 e. The SMILES string of the molecule is [C-]#[N+]c1c(C#N)c(N=Nc2c(NCCCOC)nc(Cc3c(C)cc(C)cc3C)nc2NCCCOC)nn1-c1cccnc1. The lowest BCUT2D eigenvalue weighted by Crippen LogP contribution is -2.13. The van der Waals surface area contributed by atoms with Crippen LogP contribution in [-0.4, -0.2) is 65.3 Å². The number of rotatable bonds is 15. The van der Waals surface area contributed by atoms with Gasteiger partial charge in [0, 0.05) is 53.1 Å². The first kappa shape index (κ1) is 32.7. The van der Waals surface area contributed by atoms with Crippen LogP contribution in [0.1, 0.15) is 46.5 Å². The number of azo groups is 1. The van der Waals surface area contributed by atoms with Crippen LogP contribution >= 0.6 is 0 Å². The third-order valence-electron chi connectivity index (χ3n) is 6.94. The maximum absolute atomic E-state index is 9.93. The molecule has 45 heavy (non-hydrogen) atoms. The fourth-order valence-corrected chi connectivity index (χ4v) is 4.84. The summed E-state index contributed by atoms with van der Waals surface area (Å²) in [5, 5.41) is 30.0. The van der Waals surface area contributed by atoms with E-state index in [2.05, 4.69) is 74.8 Å². The van der Waals surface area contributed by atoms with E-state index in [9.17, 15) is 5.26 Å². The van der Waals surface area contributed by atoms with Gasteiger partial charge < -0.3 is 25.0 Å². The van der Waals surface area contributed by atoms with E-state index in [1.165, 1.54) is 21.4 Å². The number of hydrogen-bond acceptors (Lipinski definition) is 11. The van der Waals surface area contributed by atoms with Gasteiger partial charge in [-0.1, -0.05) is 29.4 Å². The van der Waals surface area contributed by atoms with Crippen molar-refractivity contribution in [2.75, 3.05) is 51.2 Å². The summed E-state index contributed by atoms with van der Waals surface area (Å²) in [7, 11) is 3.32. The summed E-state index contributed by atoms with van der Waals surface area (Å²) in [4.78, 5) is 17.4. The van der Waals surface area contributed by atoms with Crippen molar-refractivity contribution < 1.29 is 9.47 Å². The Morgan fingerprint density at radius 3 is 2.18 bits per heavy atom. The second-order valence-electron chi connectivity index (χ2n) is 10.4. The van der Waals surface area contributed by atoms with Crippen LogP contribution in [0.3, 0.4) is 0 Å². The van der Waals surface area contributed by atoms with Crippen LogP contribution in [-0.2, 0) is 15.9 Å². The van der Waals surface area contributed by atoms with Crippen LogP contribution in [0.25, 0.3) is 10.5 Å². The Kier molecular flexibility index (Phi) is 11.6. The maximum atomic E-state index is 9.93. The summed E-state index contributed by atoms with van der Waals surface area (Å²) in [5.41, 5.74) is 5.60. The molecule has 4 rings (SSSR count). The lowest BCUT2D eigenvalue weighted by molar-refractivity contribution is 0.197. The van der Waals surface area contributed by atoms with E-state index < -0.39 is 0 Å². The summed E-state index contributed by atoms with van der Waals surface area (Å²) in [5.74, 6) is 1.59. The van der Waals surface area contributed by atoms with Gasteiger partial charge in [-0.25, -0.2) is 9.97 Å². The Morgan fingerprint density at radius 1 is 1.00 bits per heavy atom. The molecule has 13 heteroatoms. The average molecular weight is 608 g/mol. The Bertz CT molecular complexity index is 1660. The van der Waals surface area contributed by atoms with E-state index in [1.807, 2.05) is 0 Å². The van der Waals surface area contributed by atoms with E-state index in [0.29, 0.717) is 61.6 Å². The molecule has 4 aromatic rings. The highest BCUT2D eigenvalue weighted by Gasteiger charge is 2.22. The van der Waals surface area contributed by atoms with E-state index in [1.54, 1.807) is 38.7 Å². The second kappa shape index (κ2) is 16.0. The number of nitrogens with one attached hydrogen (secondary N) is 2. The van der Waals surface area contributed by atoms with Gasteiger partial charge in [0.2, 0.25) is 5.82 Å². The molecule has 0 spiro atoms. The van der Waals surface area contributed by atoms with Gasteiger partial charge in [0.15, 0.2) is 23.0 Å². The molecule has 0 saturated heterocycles. The number of aromatic nitrogens is 5. The smallest absolute Gasteiger partial charge is 0.277 e. The molecule has 3 heterocycles. The maximum Gasteiger partial charge on any atom is 0.277 e. The quantitative estimate of drug-likeness (QED) is 0.0900. The second-order valence-corrected chi connectivity index (χ2v) is 10.4. The fourth-order valence-electron chi connectivity index (χ4n) is 4.84. The summed E-state index contributed by atoms with van der Waals surface area (Å²) in [6, 6.07) is 9.84. The van der Waals surface area contributed by atoms with Crippen molar-refractivity contribution in [2.24, 2.45) is 10.2 Å². The molecule has 13 nitrogen and oxygen atoms in total. The van der Waals surface area contributed by atoms with Crippen LogP contribution in [0.4, 0.5) is 29.0 Å². The van der Waals surface area contributed by atoms with Gasteiger partial charge >= 0.3 is 0 Å². The minimum atomic E-state index is -0.00185. The normalized spacial score (nSPS) is 11.0. The van der Waals surface area contributed by atoms with Crippen LogP contribution in [0.2, 0.25) is 0 Å². The Hall–Kier alpha value is -5.24. The van der Waals surface area contributed by atoms with E-state index in [0.717, 1.165) is 18.4 Å². The molecule has 0 saturated carbocycles. The Balaban J connectivity index is 1.81. The third-order valence-corrected chi connectivity index (χ3v) is 6.94. The number of aryl methyl sites for hydroxylation is 3. The molecule has 0 radical (unpaired) electrons. The highest BCUT2D eigenvalue weighted by Crippen LogP contribution is 2.36. The van der Waals surface area contributed by atoms with Crippen molar-refractivity contribution in [3.63, 3.8) is 0 Å². The molecule has 2 N–H and O–H groups in total. The minimum absolute atomic E-state index is 0.00185. The van der Waals surface area contributed by atoms with Crippen molar-refractivity contribution in [1.82, 2.24) is 24.7 Å². The van der Waals surface area contributed by atoms with Crippen LogP contribution < -0.4 is 10.6 Å². The number of hydrogen-bond donors (Lipinski definition) is 2. The summed E-state index contributed by atoms with van der Waals surface area (Å²) < 4.78 is 11.8. The molecule has 0 unspecified atom stereocenters. The number of nitriles is 1. The zero-order valence-corrected chi connectivity index (χ0v) is 26.3. The molecule has 0 aliphatic carbocycles. The molecule has 1 aromatic carbocycles. The molecular formula is C32H37N11O2. The van der Waals surface area contributed by atoms with Crippen molar-refractivity contribution >= 4 is 29.0 Å². The molecule has 0 aliphatic heterocycles. The fraction of sp³-hybridized carbons (Fsp3) is 0.375. The van der Waals surface area contributed by atoms with Crippen molar-refractivity contribution in [1.29, 1.82) is 5.26 Å². The number of anilines is 2. The van der Waals surface area contributed by atoms with Gasteiger partial charge in [0.25, 0.3) is 5.82 Å². The zero-order valence-electron chi connectivity index (χ0n) is 26.3. The predicted molar refractivity (Wildman–Crippen MR) is 172 cm³/mol. The number of pyridine rings is 1. The third kappa shape index (κ3) is 8.23. The van der Waals surface area contributed by atoms with Gasteiger partial charge in [-0.3, -0.25) is 4.98 Å². The highest BCUT2D eigenvalue weighted by atomic mass is 16.5. The molecule has 0 fully saturated rings. The lowest BCUT2D eigenvalue weighted by atomic mass is 9.97. The van der Waals surface area contributed by atoms with Gasteiger partial charge in [-0.05, 0) is 62.4 Å². The molecule has 0 aliphatic rings. The molecule has 0 bridgehead atoms. The molecule has 3 aromatic heterocycles. The molecule has 0 atom stereocenters. The van der Waals surface area contributed by atoms with Crippen LogP contribution in [0.5, 0.6) is 0 Å². The summed E-state index contributed by atoms with van der Waals surface area (Å²) >= 11 is 0. The van der Waals surface area contributed by atoms with Gasteiger partial charge in [-0.15, -0.1) is 10.2 Å². The predicted octanol–water partition coefficient (Wildman–Crippen LogP) is 6.31. The topological polar surface area (TPSA) is 152 Å². The average Bonchev–Trinajstić information content (AvgIpc) is 3.40. The Morgan fingerprint density at radius 2 is 1.64 bits per heavy atom. The molecule has 232 valence electrons. The highest BCUT2D eigenvalue weighted by molar-refractivity contribution is 5.74. The summed E-state index contributed by atoms with van der Waals surface area (Å²) in [6.07, 6.45) is 5.17. The van der Waals surface area contributed by atoms with Gasteiger partial charge in [0.1, 0.15) is 11.4 Å². The zero-order chi connectivity index (χ0) is 32.2. The first-order valence-corrected chi connectivity index (χ1v) is 14.6. The van der Waals surface area contributed by atoms with Crippen LogP contribution in [0, 0.1) is 38.7 Å². The Labute approximate surface area is 263 Å². The standard InChI is InChI=1S/C32H37N11O2/c1-21-16-22(2)25(23(3)17-21)18-27-38-30(36-12-8-14-44-5)28(31(39-27)37-13-9-15-45-6)40-41-29-26(19-33)32(34-4)43(42-29)24-10-7-11-35-20-24/h7,10-11,16-17,20H,8-9,12-15,18H2,1-3,5-6H3,(H2,36,37,38,39). The van der Waals surface area contributed by atoms with Crippen LogP contribution in [0.15, 0.2) is 46.9 Å². The monoisotopic (exact) mass is 607 g/mol. The first-order chi connectivity index (χ1) is 21.9. The van der Waals surface area contributed by atoms with Gasteiger partial charge in [-0.2, -0.15) is 9.94 Å². The largest absolute Gasteiger partial charge is 0.385 e. The first-order valence-electron chi connectivity index (χ1n) is 14.6. The van der Waals surface area contributed by atoms with E-state index in [-0.39, 0.29) is 17.2 Å². The van der Waals surface area contributed by atoms with E-state index >= 15 is 0 Å². The number of benzene rings is 1. The van der Waals surface area contributed by atoms with Crippen molar-refractivity contribution in [2.45, 2.75) is 40.0 Å². The molecular weight excluding hydrogens is 570 g/mol. The number of ether oxygens (including phenoxy) is 2. The van der Waals surface area contributed by atoms with Crippen molar-refractivity contribution in [3.05, 3.63) is 81.7 Å². The lowest BCUT2D eigenvalue weighted by Gasteiger charge is -2.16. The summed E-state index contributed by atoms with van der Waals surface area (Å²) in [6.45, 7) is 16.3. The van der Waals surface area contributed by atoms with E-state index in [4.69, 9.17) is 26.0 Å². The number of nitrogens with zero attached hydrogens (tertiary/aromatic N) is 9. The van der Waals surface area contributed by atoms with Gasteiger partial charge in [0.05, 0.1) is 12.3 Å². The van der Waals surface area contributed by atoms with Crippen molar-refractivity contribution in [3.8, 4) is 11.8 Å². The number of methoxy groups -OCH3 is 2.